The zero-order valence-corrected chi connectivity index (χ0v) is 12.1. The second-order valence-electron chi connectivity index (χ2n) is 5.21. The SMILES string of the molecule is CC1CN(c2nccc(C(=O)O)c2Cl)CC1N(C)C. The van der Waals surface area contributed by atoms with E-state index in [1.165, 1.54) is 12.3 Å². The molecule has 1 aliphatic rings. The van der Waals surface area contributed by atoms with Crippen LogP contribution in [0, 0.1) is 5.92 Å². The van der Waals surface area contributed by atoms with Gasteiger partial charge in [0.1, 0.15) is 5.82 Å². The Balaban J connectivity index is 2.29. The summed E-state index contributed by atoms with van der Waals surface area (Å²) in [6.45, 7) is 3.82. The number of hydrogen-bond donors (Lipinski definition) is 1. The molecule has 1 fully saturated rings. The molecule has 2 unspecified atom stereocenters. The molecule has 0 amide bonds. The number of aromatic nitrogens is 1. The minimum absolute atomic E-state index is 0.104. The molecule has 2 heterocycles. The van der Waals surface area contributed by atoms with Gasteiger partial charge in [0.25, 0.3) is 0 Å². The maximum absolute atomic E-state index is 11.1. The fraction of sp³-hybridized carbons (Fsp3) is 0.538. The lowest BCUT2D eigenvalue weighted by molar-refractivity contribution is 0.0697. The molecule has 0 aromatic carbocycles. The van der Waals surface area contributed by atoms with Crippen molar-refractivity contribution in [3.8, 4) is 0 Å². The fourth-order valence-electron chi connectivity index (χ4n) is 2.61. The number of carboxylic acid groups (broad SMARTS) is 1. The monoisotopic (exact) mass is 283 g/mol. The highest BCUT2D eigenvalue weighted by Gasteiger charge is 2.33. The predicted molar refractivity (Wildman–Crippen MR) is 75.1 cm³/mol. The number of anilines is 1. The smallest absolute Gasteiger partial charge is 0.337 e. The number of nitrogens with zero attached hydrogens (tertiary/aromatic N) is 3. The van der Waals surface area contributed by atoms with Gasteiger partial charge in [-0.15, -0.1) is 0 Å². The van der Waals surface area contributed by atoms with Crippen molar-refractivity contribution in [2.24, 2.45) is 5.92 Å². The topological polar surface area (TPSA) is 56.7 Å². The van der Waals surface area contributed by atoms with Gasteiger partial charge in [-0.2, -0.15) is 0 Å². The van der Waals surface area contributed by atoms with Gasteiger partial charge in [-0.25, -0.2) is 9.78 Å². The molecule has 0 radical (unpaired) electrons. The van der Waals surface area contributed by atoms with E-state index in [1.807, 2.05) is 14.1 Å². The highest BCUT2D eigenvalue weighted by molar-refractivity contribution is 6.35. The Morgan fingerprint density at radius 3 is 2.74 bits per heavy atom. The number of pyridine rings is 1. The zero-order valence-electron chi connectivity index (χ0n) is 11.3. The normalized spacial score (nSPS) is 23.1. The summed E-state index contributed by atoms with van der Waals surface area (Å²) in [5.74, 6) is 0.0316. The lowest BCUT2D eigenvalue weighted by Gasteiger charge is -2.23. The highest BCUT2D eigenvalue weighted by Crippen LogP contribution is 2.31. The summed E-state index contributed by atoms with van der Waals surface area (Å²) < 4.78 is 0. The van der Waals surface area contributed by atoms with E-state index in [0.29, 0.717) is 17.8 Å². The number of likely N-dealkylation sites (N-methyl/N-ethyl adjacent to an activating group) is 1. The molecule has 0 bridgehead atoms. The zero-order chi connectivity index (χ0) is 14.2. The number of halogens is 1. The Morgan fingerprint density at radius 2 is 2.21 bits per heavy atom. The third-order valence-corrected chi connectivity index (χ3v) is 4.01. The molecular formula is C13H18ClN3O2. The first-order chi connectivity index (χ1) is 8.91. The summed E-state index contributed by atoms with van der Waals surface area (Å²) >= 11 is 6.16. The summed E-state index contributed by atoms with van der Waals surface area (Å²) in [7, 11) is 4.10. The van der Waals surface area contributed by atoms with Gasteiger partial charge in [0.2, 0.25) is 0 Å². The average molecular weight is 284 g/mol. The molecule has 1 aliphatic heterocycles. The molecule has 2 atom stereocenters. The number of carbonyl (C=O) groups is 1. The van der Waals surface area contributed by atoms with Crippen LogP contribution in [-0.4, -0.2) is 54.2 Å². The molecule has 5 nitrogen and oxygen atoms in total. The molecule has 0 spiro atoms. The fourth-order valence-corrected chi connectivity index (χ4v) is 2.93. The first kappa shape index (κ1) is 14.1. The summed E-state index contributed by atoms with van der Waals surface area (Å²) in [4.78, 5) is 19.6. The Morgan fingerprint density at radius 1 is 1.53 bits per heavy atom. The summed E-state index contributed by atoms with van der Waals surface area (Å²) in [5.41, 5.74) is 0.104. The van der Waals surface area contributed by atoms with E-state index in [9.17, 15) is 4.79 Å². The first-order valence-corrected chi connectivity index (χ1v) is 6.58. The van der Waals surface area contributed by atoms with E-state index in [4.69, 9.17) is 16.7 Å². The molecule has 0 aliphatic carbocycles. The summed E-state index contributed by atoms with van der Waals surface area (Å²) in [6.07, 6.45) is 1.50. The predicted octanol–water partition coefficient (Wildman–Crippen LogP) is 1.82. The Hall–Kier alpha value is -1.33. The molecule has 19 heavy (non-hydrogen) atoms. The second-order valence-corrected chi connectivity index (χ2v) is 5.59. The Labute approximate surface area is 117 Å². The van der Waals surface area contributed by atoms with Crippen molar-refractivity contribution >= 4 is 23.4 Å². The van der Waals surface area contributed by atoms with Crippen LogP contribution in [0.15, 0.2) is 12.3 Å². The van der Waals surface area contributed by atoms with E-state index in [2.05, 4.69) is 21.7 Å². The van der Waals surface area contributed by atoms with Crippen molar-refractivity contribution in [1.82, 2.24) is 9.88 Å². The van der Waals surface area contributed by atoms with E-state index >= 15 is 0 Å². The van der Waals surface area contributed by atoms with Crippen molar-refractivity contribution in [3.05, 3.63) is 22.8 Å². The Bertz CT molecular complexity index is 493. The first-order valence-electron chi connectivity index (χ1n) is 6.21. The second kappa shape index (κ2) is 5.35. The van der Waals surface area contributed by atoms with E-state index in [1.54, 1.807) is 0 Å². The van der Waals surface area contributed by atoms with E-state index in [0.717, 1.165) is 13.1 Å². The maximum Gasteiger partial charge on any atom is 0.337 e. The van der Waals surface area contributed by atoms with Gasteiger partial charge < -0.3 is 14.9 Å². The van der Waals surface area contributed by atoms with Crippen molar-refractivity contribution in [2.45, 2.75) is 13.0 Å². The van der Waals surface area contributed by atoms with Crippen molar-refractivity contribution in [2.75, 3.05) is 32.1 Å². The van der Waals surface area contributed by atoms with Gasteiger partial charge in [0.05, 0.1) is 10.6 Å². The van der Waals surface area contributed by atoms with Crippen LogP contribution < -0.4 is 4.90 Å². The molecule has 2 rings (SSSR count). The third-order valence-electron chi connectivity index (χ3n) is 3.64. The minimum Gasteiger partial charge on any atom is -0.478 e. The van der Waals surface area contributed by atoms with Gasteiger partial charge in [-0.1, -0.05) is 18.5 Å². The molecule has 1 aromatic heterocycles. The van der Waals surface area contributed by atoms with Crippen LogP contribution in [-0.2, 0) is 0 Å². The van der Waals surface area contributed by atoms with Crippen LogP contribution in [0.1, 0.15) is 17.3 Å². The maximum atomic E-state index is 11.1. The molecule has 1 N–H and O–H groups in total. The van der Waals surface area contributed by atoms with Gasteiger partial charge in [0.15, 0.2) is 0 Å². The lowest BCUT2D eigenvalue weighted by atomic mass is 10.1. The van der Waals surface area contributed by atoms with Gasteiger partial charge in [-0.3, -0.25) is 0 Å². The standard InChI is InChI=1S/C13H18ClN3O2/c1-8-6-17(7-10(8)16(2)3)12-11(14)9(13(18)19)4-5-15-12/h4-5,8,10H,6-7H2,1-3H3,(H,18,19). The lowest BCUT2D eigenvalue weighted by Crippen LogP contribution is -2.34. The van der Waals surface area contributed by atoms with Gasteiger partial charge >= 0.3 is 5.97 Å². The third kappa shape index (κ3) is 2.67. The van der Waals surface area contributed by atoms with E-state index in [-0.39, 0.29) is 10.6 Å². The van der Waals surface area contributed by atoms with Crippen LogP contribution in [0.5, 0.6) is 0 Å². The van der Waals surface area contributed by atoms with E-state index < -0.39 is 5.97 Å². The average Bonchev–Trinajstić information content (AvgIpc) is 2.71. The summed E-state index contributed by atoms with van der Waals surface area (Å²) in [6, 6.07) is 1.85. The number of aromatic carboxylic acids is 1. The number of carboxylic acids is 1. The molecule has 104 valence electrons. The van der Waals surface area contributed by atoms with Crippen LogP contribution in [0.3, 0.4) is 0 Å². The molecule has 0 saturated carbocycles. The Kier molecular flexibility index (Phi) is 3.96. The largest absolute Gasteiger partial charge is 0.478 e. The van der Waals surface area contributed by atoms with Gasteiger partial charge in [0, 0.05) is 25.3 Å². The van der Waals surface area contributed by atoms with Crippen LogP contribution in [0.25, 0.3) is 0 Å². The van der Waals surface area contributed by atoms with Crippen molar-refractivity contribution in [1.29, 1.82) is 0 Å². The number of rotatable bonds is 3. The minimum atomic E-state index is -1.02. The van der Waals surface area contributed by atoms with Crippen LogP contribution in [0.4, 0.5) is 5.82 Å². The van der Waals surface area contributed by atoms with Crippen molar-refractivity contribution in [3.63, 3.8) is 0 Å². The van der Waals surface area contributed by atoms with Gasteiger partial charge in [-0.05, 0) is 26.1 Å². The highest BCUT2D eigenvalue weighted by atomic mass is 35.5. The molecular weight excluding hydrogens is 266 g/mol. The van der Waals surface area contributed by atoms with Crippen LogP contribution >= 0.6 is 11.6 Å². The summed E-state index contributed by atoms with van der Waals surface area (Å²) in [5, 5.41) is 9.31. The molecule has 1 aromatic rings. The molecule has 6 heteroatoms. The number of hydrogen-bond acceptors (Lipinski definition) is 4. The van der Waals surface area contributed by atoms with Crippen LogP contribution in [0.2, 0.25) is 5.02 Å². The molecule has 1 saturated heterocycles. The quantitative estimate of drug-likeness (QED) is 0.917. The van der Waals surface area contributed by atoms with Crippen molar-refractivity contribution < 1.29 is 9.90 Å².